The van der Waals surface area contributed by atoms with Crippen molar-refractivity contribution in [2.45, 2.75) is 13.3 Å². The monoisotopic (exact) mass is 372 g/mol. The van der Waals surface area contributed by atoms with Crippen molar-refractivity contribution in [2.75, 3.05) is 0 Å². The summed E-state index contributed by atoms with van der Waals surface area (Å²) >= 11 is 8.52. The Morgan fingerprint density at radius 1 is 1.29 bits per heavy atom. The topological polar surface area (TPSA) is 17.1 Å². The lowest BCUT2D eigenvalue weighted by molar-refractivity contribution is 0.0993. The fourth-order valence-electron chi connectivity index (χ4n) is 1.56. The average molecular weight is 374 g/mol. The Balaban J connectivity index is 2.27. The summed E-state index contributed by atoms with van der Waals surface area (Å²) in [5.41, 5.74) is 1.84. The summed E-state index contributed by atoms with van der Waals surface area (Å²) in [6.07, 6.45) is 0.445. The summed E-state index contributed by atoms with van der Waals surface area (Å²) in [5.74, 6) is 0.142. The minimum absolute atomic E-state index is 0.142. The lowest BCUT2D eigenvalue weighted by Crippen LogP contribution is -2.04. The van der Waals surface area contributed by atoms with Crippen LogP contribution in [-0.4, -0.2) is 5.78 Å². The van der Waals surface area contributed by atoms with E-state index in [9.17, 15) is 4.79 Å². The molecular formula is C13H10Br2OS. The number of hydrogen-bond acceptors (Lipinski definition) is 2. The molecule has 2 rings (SSSR count). The van der Waals surface area contributed by atoms with Crippen LogP contribution in [0.2, 0.25) is 0 Å². The van der Waals surface area contributed by atoms with E-state index in [1.807, 2.05) is 36.6 Å². The molecule has 0 fully saturated rings. The quantitative estimate of drug-likeness (QED) is 0.691. The van der Waals surface area contributed by atoms with Gasteiger partial charge in [0.1, 0.15) is 0 Å². The van der Waals surface area contributed by atoms with Gasteiger partial charge >= 0.3 is 0 Å². The summed E-state index contributed by atoms with van der Waals surface area (Å²) in [5, 5.41) is 1.98. The zero-order valence-electron chi connectivity index (χ0n) is 9.17. The van der Waals surface area contributed by atoms with E-state index in [1.54, 1.807) is 11.3 Å². The predicted octanol–water partition coefficient (Wildman–Crippen LogP) is 5.01. The van der Waals surface area contributed by atoms with Crippen molar-refractivity contribution in [2.24, 2.45) is 0 Å². The summed E-state index contributed by atoms with van der Waals surface area (Å²) in [7, 11) is 0. The second-order valence-electron chi connectivity index (χ2n) is 3.73. The zero-order valence-corrected chi connectivity index (χ0v) is 13.2. The van der Waals surface area contributed by atoms with Crippen molar-refractivity contribution < 1.29 is 4.79 Å². The van der Waals surface area contributed by atoms with Crippen LogP contribution < -0.4 is 0 Å². The molecule has 2 aromatic rings. The molecule has 0 aliphatic rings. The van der Waals surface area contributed by atoms with Gasteiger partial charge in [-0.15, -0.1) is 11.3 Å². The molecule has 0 aliphatic heterocycles. The summed E-state index contributed by atoms with van der Waals surface area (Å²) < 4.78 is 1.91. The largest absolute Gasteiger partial charge is 0.294 e. The van der Waals surface area contributed by atoms with E-state index in [0.29, 0.717) is 6.42 Å². The molecule has 0 radical (unpaired) electrons. The van der Waals surface area contributed by atoms with Gasteiger partial charge in [0.15, 0.2) is 5.78 Å². The highest BCUT2D eigenvalue weighted by Crippen LogP contribution is 2.27. The van der Waals surface area contributed by atoms with Crippen molar-refractivity contribution in [1.82, 2.24) is 0 Å². The molecule has 1 nitrogen and oxygen atoms in total. The Hall–Kier alpha value is -0.450. The molecule has 0 saturated carbocycles. The molecule has 1 heterocycles. The fourth-order valence-corrected chi connectivity index (χ4v) is 3.53. The third kappa shape index (κ3) is 2.87. The summed E-state index contributed by atoms with van der Waals surface area (Å²) in [4.78, 5) is 13.3. The van der Waals surface area contributed by atoms with Crippen LogP contribution in [0.25, 0.3) is 0 Å². The Labute approximate surface area is 121 Å². The van der Waals surface area contributed by atoms with E-state index < -0.39 is 0 Å². The SMILES string of the molecule is Cc1cccc(C(=O)Cc2sccc2Br)c1Br. The van der Waals surface area contributed by atoms with Crippen molar-refractivity contribution in [3.63, 3.8) is 0 Å². The van der Waals surface area contributed by atoms with Crippen molar-refractivity contribution in [3.05, 3.63) is 54.6 Å². The van der Waals surface area contributed by atoms with E-state index in [0.717, 1.165) is 24.9 Å². The van der Waals surface area contributed by atoms with Gasteiger partial charge in [-0.1, -0.05) is 18.2 Å². The van der Waals surface area contributed by atoms with Crippen LogP contribution in [-0.2, 0) is 6.42 Å². The second-order valence-corrected chi connectivity index (χ2v) is 6.38. The van der Waals surface area contributed by atoms with Crippen molar-refractivity contribution in [1.29, 1.82) is 0 Å². The summed E-state index contributed by atoms with van der Waals surface area (Å²) in [6.45, 7) is 1.99. The molecular weight excluding hydrogens is 364 g/mol. The highest BCUT2D eigenvalue weighted by Gasteiger charge is 2.14. The van der Waals surface area contributed by atoms with Crippen LogP contribution in [0.5, 0.6) is 0 Å². The number of carbonyl (C=O) groups is 1. The highest BCUT2D eigenvalue weighted by molar-refractivity contribution is 9.11. The second kappa shape index (κ2) is 5.46. The maximum atomic E-state index is 12.2. The number of benzene rings is 1. The molecule has 0 N–H and O–H groups in total. The fraction of sp³-hybridized carbons (Fsp3) is 0.154. The van der Waals surface area contributed by atoms with Gasteiger partial charge in [0.05, 0.1) is 0 Å². The van der Waals surface area contributed by atoms with Crippen LogP contribution in [0.3, 0.4) is 0 Å². The van der Waals surface area contributed by atoms with Gasteiger partial charge in [0.2, 0.25) is 0 Å². The van der Waals surface area contributed by atoms with Gasteiger partial charge in [-0.2, -0.15) is 0 Å². The van der Waals surface area contributed by atoms with Gasteiger partial charge < -0.3 is 0 Å². The van der Waals surface area contributed by atoms with E-state index in [4.69, 9.17) is 0 Å². The molecule has 88 valence electrons. The van der Waals surface area contributed by atoms with Crippen LogP contribution in [0.15, 0.2) is 38.6 Å². The molecule has 0 amide bonds. The molecule has 1 aromatic heterocycles. The van der Waals surface area contributed by atoms with E-state index in [-0.39, 0.29) is 5.78 Å². The molecule has 0 spiro atoms. The number of ketones is 1. The van der Waals surface area contributed by atoms with Crippen molar-refractivity contribution >= 4 is 49.0 Å². The number of hydrogen-bond donors (Lipinski definition) is 0. The Morgan fingerprint density at radius 2 is 2.06 bits per heavy atom. The van der Waals surface area contributed by atoms with Crippen LogP contribution in [0.4, 0.5) is 0 Å². The molecule has 0 aliphatic carbocycles. The minimum Gasteiger partial charge on any atom is -0.294 e. The van der Waals surface area contributed by atoms with Crippen LogP contribution >= 0.6 is 43.2 Å². The minimum atomic E-state index is 0.142. The maximum Gasteiger partial charge on any atom is 0.169 e. The molecule has 1 aromatic carbocycles. The van der Waals surface area contributed by atoms with Gasteiger partial charge in [0.25, 0.3) is 0 Å². The molecule has 4 heteroatoms. The Morgan fingerprint density at radius 3 is 2.71 bits per heavy atom. The number of aryl methyl sites for hydroxylation is 1. The molecule has 0 bridgehead atoms. The number of thiophene rings is 1. The normalized spacial score (nSPS) is 10.5. The van der Waals surface area contributed by atoms with E-state index in [1.165, 1.54) is 0 Å². The third-order valence-electron chi connectivity index (χ3n) is 2.50. The van der Waals surface area contributed by atoms with E-state index >= 15 is 0 Å². The first-order valence-corrected chi connectivity index (χ1v) is 7.56. The molecule has 0 unspecified atom stereocenters. The van der Waals surface area contributed by atoms with E-state index in [2.05, 4.69) is 31.9 Å². The van der Waals surface area contributed by atoms with Crippen LogP contribution in [0, 0.1) is 6.92 Å². The number of Topliss-reactive ketones (excluding diaryl/α,β-unsaturated/α-hetero) is 1. The third-order valence-corrected chi connectivity index (χ3v) is 5.48. The zero-order chi connectivity index (χ0) is 12.4. The van der Waals surface area contributed by atoms with Gasteiger partial charge in [-0.3, -0.25) is 4.79 Å². The maximum absolute atomic E-state index is 12.2. The highest BCUT2D eigenvalue weighted by atomic mass is 79.9. The molecule has 0 saturated heterocycles. The first kappa shape index (κ1) is 13.0. The summed E-state index contributed by atoms with van der Waals surface area (Å²) in [6, 6.07) is 7.73. The van der Waals surface area contributed by atoms with Gasteiger partial charge in [-0.05, 0) is 55.8 Å². The van der Waals surface area contributed by atoms with Crippen LogP contribution in [0.1, 0.15) is 20.8 Å². The van der Waals surface area contributed by atoms with Gasteiger partial charge in [-0.25, -0.2) is 0 Å². The van der Waals surface area contributed by atoms with Gasteiger partial charge in [0, 0.05) is 25.8 Å². The first-order valence-electron chi connectivity index (χ1n) is 5.10. The number of halogens is 2. The smallest absolute Gasteiger partial charge is 0.169 e. The Bertz CT molecular complexity index is 560. The first-order chi connectivity index (χ1) is 8.09. The lowest BCUT2D eigenvalue weighted by Gasteiger charge is -2.05. The molecule has 0 atom stereocenters. The Kier molecular flexibility index (Phi) is 4.17. The number of rotatable bonds is 3. The number of carbonyl (C=O) groups excluding carboxylic acids is 1. The average Bonchev–Trinajstić information content (AvgIpc) is 2.68. The molecule has 17 heavy (non-hydrogen) atoms. The predicted molar refractivity (Wildman–Crippen MR) is 78.9 cm³/mol. The lowest BCUT2D eigenvalue weighted by atomic mass is 10.1. The van der Waals surface area contributed by atoms with Crippen molar-refractivity contribution in [3.8, 4) is 0 Å². The standard InChI is InChI=1S/C13H10Br2OS/c1-8-3-2-4-9(13(8)15)11(16)7-12-10(14)5-6-17-12/h2-6H,7H2,1H3.